The maximum Gasteiger partial charge on any atom is 0.235 e. The number of nitrogens with two attached hydrogens (primary N) is 1. The molecule has 0 aliphatic rings. The van der Waals surface area contributed by atoms with Crippen molar-refractivity contribution >= 4 is 27.7 Å². The van der Waals surface area contributed by atoms with Crippen LogP contribution in [0.15, 0.2) is 36.1 Å². The molecule has 0 saturated carbocycles. The average Bonchev–Trinajstić information content (AvgIpc) is 2.27. The van der Waals surface area contributed by atoms with Crippen molar-refractivity contribution in [2.24, 2.45) is 5.73 Å². The largest absolute Gasteiger partial charge is 0.513 e. The second kappa shape index (κ2) is 9.21. The first-order valence-corrected chi connectivity index (χ1v) is 7.50. The van der Waals surface area contributed by atoms with Crippen molar-refractivity contribution in [1.82, 2.24) is 4.72 Å². The maximum atomic E-state index is 11.2. The van der Waals surface area contributed by atoms with Gasteiger partial charge in [-0.1, -0.05) is 29.5 Å². The number of hydrogen-bond acceptors (Lipinski definition) is 5. The second-order valence-electron chi connectivity index (χ2n) is 3.28. The number of allylic oxidation sites excluding steroid dienone is 4. The van der Waals surface area contributed by atoms with Gasteiger partial charge < -0.3 is 10.8 Å². The highest BCUT2D eigenvalue weighted by atomic mass is 33.1. The predicted octanol–water partition coefficient (Wildman–Crippen LogP) is 2.32. The van der Waals surface area contributed by atoms with Crippen LogP contribution in [0, 0.1) is 0 Å². The summed E-state index contributed by atoms with van der Waals surface area (Å²) in [5.41, 5.74) is 6.12. The van der Waals surface area contributed by atoms with Crippen LogP contribution in [0.1, 0.15) is 13.3 Å². The van der Waals surface area contributed by atoms with E-state index in [4.69, 9.17) is 10.8 Å². The summed E-state index contributed by atoms with van der Waals surface area (Å²) < 4.78 is 2.95. The highest BCUT2D eigenvalue weighted by molar-refractivity contribution is 8.75. The summed E-state index contributed by atoms with van der Waals surface area (Å²) in [7, 11) is 2.86. The molecule has 0 fully saturated rings. The zero-order valence-corrected chi connectivity index (χ0v) is 11.6. The number of hydrogen-bond donors (Lipinski definition) is 3. The zero-order chi connectivity index (χ0) is 13.3. The molecular weight excluding hydrogens is 256 g/mol. The van der Waals surface area contributed by atoms with Crippen LogP contribution >= 0.6 is 21.8 Å². The molecule has 0 aromatic rings. The lowest BCUT2D eigenvalue weighted by molar-refractivity contribution is -0.119. The summed E-state index contributed by atoms with van der Waals surface area (Å²) in [6.45, 7) is 5.23. The molecule has 1 amide bonds. The van der Waals surface area contributed by atoms with Gasteiger partial charge in [-0.15, -0.1) is 0 Å². The van der Waals surface area contributed by atoms with Gasteiger partial charge >= 0.3 is 0 Å². The lowest BCUT2D eigenvalue weighted by Gasteiger charge is -2.13. The molecule has 4 nitrogen and oxygen atoms in total. The van der Waals surface area contributed by atoms with Crippen molar-refractivity contribution in [3.8, 4) is 0 Å². The smallest absolute Gasteiger partial charge is 0.235 e. The summed E-state index contributed by atoms with van der Waals surface area (Å²) in [5.74, 6) is -0.213. The average molecular weight is 274 g/mol. The van der Waals surface area contributed by atoms with Gasteiger partial charge in [0.25, 0.3) is 0 Å². The van der Waals surface area contributed by atoms with Crippen LogP contribution in [0.25, 0.3) is 0 Å². The molecule has 0 aliphatic carbocycles. The summed E-state index contributed by atoms with van der Waals surface area (Å²) >= 11 is 0. The van der Waals surface area contributed by atoms with Crippen molar-refractivity contribution in [2.75, 3.05) is 6.26 Å². The molecule has 0 aromatic heterocycles. The van der Waals surface area contributed by atoms with Crippen molar-refractivity contribution in [2.45, 2.75) is 19.4 Å². The van der Waals surface area contributed by atoms with Crippen LogP contribution < -0.4 is 10.5 Å². The van der Waals surface area contributed by atoms with Gasteiger partial charge in [-0.25, -0.2) is 4.72 Å². The molecule has 0 radical (unpaired) electrons. The van der Waals surface area contributed by atoms with Crippen LogP contribution in [0.3, 0.4) is 0 Å². The van der Waals surface area contributed by atoms with Gasteiger partial charge in [-0.05, 0) is 42.2 Å². The molecule has 17 heavy (non-hydrogen) atoms. The third-order valence-electron chi connectivity index (χ3n) is 1.86. The molecule has 4 N–H and O–H groups in total. The minimum Gasteiger partial charge on any atom is -0.513 e. The monoisotopic (exact) mass is 274 g/mol. The Morgan fingerprint density at radius 1 is 1.59 bits per heavy atom. The quantitative estimate of drug-likeness (QED) is 0.274. The molecule has 0 heterocycles. The Hall–Kier alpha value is -0.850. The van der Waals surface area contributed by atoms with E-state index in [1.165, 1.54) is 21.8 Å². The van der Waals surface area contributed by atoms with Gasteiger partial charge in [0.15, 0.2) is 0 Å². The number of aliphatic hydroxyl groups is 1. The number of nitrogens with one attached hydrogen (secondary N) is 1. The number of amides is 1. The Balaban J connectivity index is 4.59. The number of carbonyl (C=O) groups is 1. The van der Waals surface area contributed by atoms with E-state index < -0.39 is 11.9 Å². The van der Waals surface area contributed by atoms with Gasteiger partial charge in [-0.2, -0.15) is 0 Å². The Bertz CT molecular complexity index is 323. The normalized spacial score (nSPS) is 14.5. The molecule has 1 atom stereocenters. The Morgan fingerprint density at radius 3 is 2.65 bits per heavy atom. The fraction of sp³-hybridized carbons (Fsp3) is 0.364. The van der Waals surface area contributed by atoms with E-state index in [-0.39, 0.29) is 5.76 Å². The van der Waals surface area contributed by atoms with Crippen molar-refractivity contribution in [3.63, 3.8) is 0 Å². The van der Waals surface area contributed by atoms with Gasteiger partial charge in [0.05, 0.1) is 5.76 Å². The van der Waals surface area contributed by atoms with Gasteiger partial charge in [-0.3, -0.25) is 4.79 Å². The fourth-order valence-electron chi connectivity index (χ4n) is 0.989. The van der Waals surface area contributed by atoms with E-state index >= 15 is 0 Å². The molecule has 0 spiro atoms. The molecule has 0 aromatic carbocycles. The number of carbonyl (C=O) groups excluding carboxylic acids is 1. The van der Waals surface area contributed by atoms with Gasteiger partial charge in [0.2, 0.25) is 5.91 Å². The molecule has 0 bridgehead atoms. The van der Waals surface area contributed by atoms with E-state index in [1.807, 2.05) is 6.26 Å². The number of primary amides is 1. The Morgan fingerprint density at radius 2 is 2.24 bits per heavy atom. The van der Waals surface area contributed by atoms with Crippen LogP contribution in [-0.4, -0.2) is 23.3 Å². The van der Waals surface area contributed by atoms with E-state index in [9.17, 15) is 4.79 Å². The van der Waals surface area contributed by atoms with E-state index in [1.54, 1.807) is 25.2 Å². The minimum absolute atomic E-state index is 0.200. The van der Waals surface area contributed by atoms with Crippen LogP contribution in [0.2, 0.25) is 0 Å². The first-order chi connectivity index (χ1) is 8.01. The van der Waals surface area contributed by atoms with E-state index in [2.05, 4.69) is 11.3 Å². The zero-order valence-electron chi connectivity index (χ0n) is 9.97. The molecular formula is C11H18N2O2S2. The van der Waals surface area contributed by atoms with Crippen LogP contribution in [0.4, 0.5) is 0 Å². The van der Waals surface area contributed by atoms with Crippen LogP contribution in [-0.2, 0) is 4.79 Å². The van der Waals surface area contributed by atoms with Gasteiger partial charge in [0, 0.05) is 0 Å². The molecule has 1 unspecified atom stereocenters. The summed E-state index contributed by atoms with van der Waals surface area (Å²) in [6.07, 6.45) is 7.25. The topological polar surface area (TPSA) is 75.3 Å². The fourth-order valence-corrected chi connectivity index (χ4v) is 2.04. The summed E-state index contributed by atoms with van der Waals surface area (Å²) in [5, 5.41) is 9.05. The Labute approximate surface area is 110 Å². The molecule has 0 rings (SSSR count). The third kappa shape index (κ3) is 7.95. The predicted molar refractivity (Wildman–Crippen MR) is 76.5 cm³/mol. The molecule has 6 heteroatoms. The minimum atomic E-state index is -0.455. The highest BCUT2D eigenvalue weighted by Crippen LogP contribution is 2.16. The third-order valence-corrected chi connectivity index (χ3v) is 3.19. The lowest BCUT2D eigenvalue weighted by Crippen LogP contribution is -2.37. The molecule has 0 saturated heterocycles. The lowest BCUT2D eigenvalue weighted by atomic mass is 10.1. The number of rotatable bonds is 8. The molecule has 96 valence electrons. The highest BCUT2D eigenvalue weighted by Gasteiger charge is 2.15. The Kier molecular flexibility index (Phi) is 8.75. The maximum absolute atomic E-state index is 11.2. The van der Waals surface area contributed by atoms with E-state index in [0.717, 1.165) is 5.57 Å². The SMILES string of the molecule is C=C/C(=C\C=C(/C)O)CC(NSSC)C(N)=O. The van der Waals surface area contributed by atoms with E-state index in [0.29, 0.717) is 6.42 Å². The van der Waals surface area contributed by atoms with Crippen molar-refractivity contribution < 1.29 is 9.90 Å². The summed E-state index contributed by atoms with van der Waals surface area (Å²) in [6, 6.07) is -0.455. The van der Waals surface area contributed by atoms with Crippen LogP contribution in [0.5, 0.6) is 0 Å². The summed E-state index contributed by atoms with van der Waals surface area (Å²) in [4.78, 5) is 11.2. The van der Waals surface area contributed by atoms with Gasteiger partial charge in [0.1, 0.15) is 6.04 Å². The van der Waals surface area contributed by atoms with Crippen molar-refractivity contribution in [3.05, 3.63) is 36.1 Å². The standard InChI is InChI=1S/C11H18N2O2S2/c1-4-9(6-5-8(2)14)7-10(11(12)15)13-17-16-3/h4-6,10,13-14H,1,7H2,2-3H3,(H2,12,15)/b8-5+,9-6+. The first-order valence-electron chi connectivity index (χ1n) is 4.94. The van der Waals surface area contributed by atoms with Crippen molar-refractivity contribution in [1.29, 1.82) is 0 Å². The second-order valence-corrected chi connectivity index (χ2v) is 5.52. The number of aliphatic hydroxyl groups excluding tert-OH is 1. The first kappa shape index (κ1) is 16.1. The molecule has 0 aliphatic heterocycles.